The molecule has 0 fully saturated rings. The molecule has 0 saturated carbocycles. The highest BCUT2D eigenvalue weighted by Gasteiger charge is 2.09. The molecule has 0 aliphatic carbocycles. The Labute approximate surface area is 144 Å². The maximum absolute atomic E-state index is 12.0. The molecule has 0 aliphatic heterocycles. The summed E-state index contributed by atoms with van der Waals surface area (Å²) in [5.41, 5.74) is 1.75. The molecular weight excluding hydrogens is 320 g/mol. The van der Waals surface area contributed by atoms with E-state index in [4.69, 9.17) is 9.15 Å². The van der Waals surface area contributed by atoms with Crippen LogP contribution in [0, 0.1) is 0 Å². The minimum Gasteiger partial charge on any atom is -0.504 e. The van der Waals surface area contributed by atoms with Gasteiger partial charge in [-0.25, -0.2) is 0 Å². The number of rotatable bonds is 5. The molecule has 0 spiro atoms. The van der Waals surface area contributed by atoms with Crippen LogP contribution in [-0.4, -0.2) is 24.3 Å². The van der Waals surface area contributed by atoms with Gasteiger partial charge in [0.1, 0.15) is 0 Å². The molecule has 126 valence electrons. The fourth-order valence-corrected chi connectivity index (χ4v) is 2.22. The lowest BCUT2D eigenvalue weighted by Crippen LogP contribution is -2.10. The molecule has 0 radical (unpaired) electrons. The van der Waals surface area contributed by atoms with E-state index in [9.17, 15) is 9.90 Å². The summed E-state index contributed by atoms with van der Waals surface area (Å²) in [6.07, 6.45) is 2.97. The van der Waals surface area contributed by atoms with Gasteiger partial charge in [-0.2, -0.15) is 0 Å². The molecule has 6 heteroatoms. The summed E-state index contributed by atoms with van der Waals surface area (Å²) in [6, 6.07) is 15.4. The lowest BCUT2D eigenvalue weighted by Gasteiger charge is -2.05. The second-order valence-corrected chi connectivity index (χ2v) is 5.14. The highest BCUT2D eigenvalue weighted by molar-refractivity contribution is 6.02. The van der Waals surface area contributed by atoms with E-state index < -0.39 is 0 Å². The molecule has 3 aromatic rings. The predicted molar refractivity (Wildman–Crippen MR) is 95.0 cm³/mol. The average Bonchev–Trinajstić information content (AvgIpc) is 3.16. The summed E-state index contributed by atoms with van der Waals surface area (Å²) in [5, 5.41) is 12.8. The first kappa shape index (κ1) is 16.3. The van der Waals surface area contributed by atoms with E-state index in [1.54, 1.807) is 54.6 Å². The molecule has 0 aliphatic rings. The highest BCUT2D eigenvalue weighted by Crippen LogP contribution is 2.28. The molecule has 25 heavy (non-hydrogen) atoms. The van der Waals surface area contributed by atoms with Gasteiger partial charge in [-0.05, 0) is 42.5 Å². The number of nitrogens with one attached hydrogen (secondary N) is 1. The number of para-hydroxylation sites is 1. The van der Waals surface area contributed by atoms with Crippen LogP contribution < -0.4 is 10.1 Å². The van der Waals surface area contributed by atoms with E-state index in [1.165, 1.54) is 19.6 Å². The van der Waals surface area contributed by atoms with Gasteiger partial charge >= 0.3 is 0 Å². The molecule has 0 unspecified atom stereocenters. The summed E-state index contributed by atoms with van der Waals surface area (Å²) in [7, 11) is 1.49. The number of methoxy groups -OCH3 is 1. The fourth-order valence-electron chi connectivity index (χ4n) is 2.22. The second-order valence-electron chi connectivity index (χ2n) is 5.14. The zero-order chi connectivity index (χ0) is 17.6. The van der Waals surface area contributed by atoms with Crippen molar-refractivity contribution in [3.8, 4) is 11.5 Å². The number of amides is 1. The van der Waals surface area contributed by atoms with Gasteiger partial charge in [0.2, 0.25) is 0 Å². The standard InChI is InChI=1S/C19H16N2O4/c1-24-16-8-2-5-13(18(16)22)12-20-14-6-3-7-15(11-14)21-19(23)17-9-4-10-25-17/h2-12,22H,1H3,(H,21,23). The maximum Gasteiger partial charge on any atom is 0.291 e. The van der Waals surface area contributed by atoms with Gasteiger partial charge in [-0.15, -0.1) is 0 Å². The van der Waals surface area contributed by atoms with Gasteiger partial charge in [-0.3, -0.25) is 9.79 Å². The Morgan fingerprint density at radius 3 is 2.80 bits per heavy atom. The minimum absolute atomic E-state index is 0.0241. The van der Waals surface area contributed by atoms with Crippen molar-refractivity contribution in [1.82, 2.24) is 0 Å². The molecule has 6 nitrogen and oxygen atoms in total. The third-order valence-electron chi connectivity index (χ3n) is 3.45. The summed E-state index contributed by atoms with van der Waals surface area (Å²) in [4.78, 5) is 16.3. The Morgan fingerprint density at radius 1 is 1.20 bits per heavy atom. The molecule has 0 atom stereocenters. The summed E-state index contributed by atoms with van der Waals surface area (Å²) in [6.45, 7) is 0. The molecule has 1 amide bonds. The molecule has 1 heterocycles. The molecule has 2 aromatic carbocycles. The van der Waals surface area contributed by atoms with Crippen LogP contribution in [0.2, 0.25) is 0 Å². The Bertz CT molecular complexity index is 902. The third-order valence-corrected chi connectivity index (χ3v) is 3.45. The largest absolute Gasteiger partial charge is 0.504 e. The fraction of sp³-hybridized carbons (Fsp3) is 0.0526. The van der Waals surface area contributed by atoms with Crippen molar-refractivity contribution >= 4 is 23.5 Å². The van der Waals surface area contributed by atoms with Gasteiger partial charge in [-0.1, -0.05) is 12.1 Å². The van der Waals surface area contributed by atoms with Gasteiger partial charge < -0.3 is 19.6 Å². The smallest absolute Gasteiger partial charge is 0.291 e. The normalized spacial score (nSPS) is 10.8. The molecule has 1 aromatic heterocycles. The van der Waals surface area contributed by atoms with Crippen molar-refractivity contribution in [2.24, 2.45) is 4.99 Å². The van der Waals surface area contributed by atoms with Crippen LogP contribution in [0.1, 0.15) is 16.1 Å². The number of nitrogens with zero attached hydrogens (tertiary/aromatic N) is 1. The first-order chi connectivity index (χ1) is 12.2. The molecule has 0 saturated heterocycles. The number of hydrogen-bond acceptors (Lipinski definition) is 5. The van der Waals surface area contributed by atoms with Crippen molar-refractivity contribution in [2.45, 2.75) is 0 Å². The number of phenols is 1. The summed E-state index contributed by atoms with van der Waals surface area (Å²) < 4.78 is 10.1. The maximum atomic E-state index is 12.0. The lowest BCUT2D eigenvalue weighted by atomic mass is 10.2. The van der Waals surface area contributed by atoms with Gasteiger partial charge in [0.15, 0.2) is 17.3 Å². The Kier molecular flexibility index (Phi) is 4.80. The van der Waals surface area contributed by atoms with Crippen molar-refractivity contribution < 1.29 is 19.1 Å². The number of carbonyl (C=O) groups excluding carboxylic acids is 1. The third kappa shape index (κ3) is 3.87. The van der Waals surface area contributed by atoms with E-state index in [0.29, 0.717) is 22.7 Å². The van der Waals surface area contributed by atoms with Crippen LogP contribution in [0.3, 0.4) is 0 Å². The number of hydrogen-bond donors (Lipinski definition) is 2. The second kappa shape index (κ2) is 7.35. The number of carbonyl (C=O) groups is 1. The molecule has 3 rings (SSSR count). The highest BCUT2D eigenvalue weighted by atomic mass is 16.5. The Hall–Kier alpha value is -3.54. The van der Waals surface area contributed by atoms with Crippen LogP contribution >= 0.6 is 0 Å². The van der Waals surface area contributed by atoms with Gasteiger partial charge in [0.05, 0.1) is 19.1 Å². The lowest BCUT2D eigenvalue weighted by molar-refractivity contribution is 0.0996. The summed E-state index contributed by atoms with van der Waals surface area (Å²) in [5.74, 6) is 0.297. The van der Waals surface area contributed by atoms with Crippen LogP contribution in [0.15, 0.2) is 70.3 Å². The number of phenolic OH excluding ortho intramolecular Hbond substituents is 1. The van der Waals surface area contributed by atoms with Crippen LogP contribution in [0.4, 0.5) is 11.4 Å². The number of aliphatic imine (C=N–C) groups is 1. The van der Waals surface area contributed by atoms with Gasteiger partial charge in [0.25, 0.3) is 5.91 Å². The van der Waals surface area contributed by atoms with E-state index in [0.717, 1.165) is 0 Å². The van der Waals surface area contributed by atoms with E-state index in [2.05, 4.69) is 10.3 Å². The van der Waals surface area contributed by atoms with Crippen LogP contribution in [-0.2, 0) is 0 Å². The summed E-state index contributed by atoms with van der Waals surface area (Å²) >= 11 is 0. The first-order valence-corrected chi connectivity index (χ1v) is 7.52. The quantitative estimate of drug-likeness (QED) is 0.690. The van der Waals surface area contributed by atoms with Crippen molar-refractivity contribution in [3.05, 3.63) is 72.2 Å². The van der Waals surface area contributed by atoms with E-state index >= 15 is 0 Å². The number of anilines is 1. The number of aromatic hydroxyl groups is 1. The van der Waals surface area contributed by atoms with Crippen molar-refractivity contribution in [3.63, 3.8) is 0 Å². The van der Waals surface area contributed by atoms with Crippen LogP contribution in [0.5, 0.6) is 11.5 Å². The minimum atomic E-state index is -0.337. The Balaban J connectivity index is 1.77. The topological polar surface area (TPSA) is 84.1 Å². The predicted octanol–water partition coefficient (Wildman–Crippen LogP) is 4.00. The van der Waals surface area contributed by atoms with Gasteiger partial charge in [0, 0.05) is 17.5 Å². The van der Waals surface area contributed by atoms with Crippen molar-refractivity contribution in [1.29, 1.82) is 0 Å². The van der Waals surface area contributed by atoms with Crippen LogP contribution in [0.25, 0.3) is 0 Å². The Morgan fingerprint density at radius 2 is 2.04 bits per heavy atom. The number of furan rings is 1. The number of benzene rings is 2. The first-order valence-electron chi connectivity index (χ1n) is 7.52. The zero-order valence-electron chi connectivity index (χ0n) is 13.5. The SMILES string of the molecule is COc1cccc(C=Nc2cccc(NC(=O)c3ccco3)c2)c1O. The van der Waals surface area contributed by atoms with E-state index in [-0.39, 0.29) is 17.4 Å². The van der Waals surface area contributed by atoms with Crippen molar-refractivity contribution in [2.75, 3.05) is 12.4 Å². The molecular formula is C19H16N2O4. The average molecular weight is 336 g/mol. The van der Waals surface area contributed by atoms with E-state index in [1.807, 2.05) is 0 Å². The monoisotopic (exact) mass is 336 g/mol. The molecule has 0 bridgehead atoms. The molecule has 2 N–H and O–H groups in total. The zero-order valence-corrected chi connectivity index (χ0v) is 13.5. The number of ether oxygens (including phenoxy) is 1.